The molecule has 0 saturated carbocycles. The molecule has 0 spiro atoms. The van der Waals surface area contributed by atoms with Gasteiger partial charge in [-0.05, 0) is 65.4 Å². The Hall–Kier alpha value is -9.08. The number of aromatic nitrogens is 6. The Balaban J connectivity index is 0.890. The number of aromatic hydroxyl groups is 2. The molecule has 28 nitrogen and oxygen atoms in total. The molecule has 0 aliphatic carbocycles. The molecule has 6 aromatic carbocycles. The number of fused-ring (bicyclic) bond motifs is 2. The fourth-order valence-corrected chi connectivity index (χ4v) is 10.1. The number of carboxylic acids is 2. The number of nitrogens with zero attached hydrogens (tertiary/aromatic N) is 8. The van der Waals surface area contributed by atoms with Crippen LogP contribution in [-0.4, -0.2) is 113 Å². The minimum absolute atomic E-state index is 0.00890. The van der Waals surface area contributed by atoms with Crippen molar-refractivity contribution in [2.24, 2.45) is 20.5 Å². The Morgan fingerprint density at radius 3 is 1.61 bits per heavy atom. The summed E-state index contributed by atoms with van der Waals surface area (Å²) in [5, 5.41) is 69.1. The summed E-state index contributed by atoms with van der Waals surface area (Å²) >= 11 is 0. The summed E-state index contributed by atoms with van der Waals surface area (Å²) in [4.78, 5) is 68.0. The van der Waals surface area contributed by atoms with E-state index in [1.165, 1.54) is 94.4 Å². The number of aromatic amines is 2. The van der Waals surface area contributed by atoms with Crippen molar-refractivity contribution in [3.05, 3.63) is 129 Å². The third-order valence-corrected chi connectivity index (χ3v) is 14.4. The normalized spacial score (nSPS) is 11.9. The van der Waals surface area contributed by atoms with Gasteiger partial charge in [0.25, 0.3) is 20.2 Å². The molecule has 8 rings (SSSR count). The number of rotatable bonds is 21. The molecule has 0 saturated heterocycles. The van der Waals surface area contributed by atoms with E-state index in [0.29, 0.717) is 11.5 Å². The lowest BCUT2D eigenvalue weighted by Gasteiger charge is -2.14. The first-order valence-corrected chi connectivity index (χ1v) is 26.8. The van der Waals surface area contributed by atoms with E-state index in [9.17, 15) is 65.5 Å². The molecule has 0 aliphatic heterocycles. The Morgan fingerprint density at radius 1 is 0.553 bits per heavy atom. The average molecular weight is 1110 g/mol. The lowest BCUT2D eigenvalue weighted by atomic mass is 10.1. The van der Waals surface area contributed by atoms with Crippen LogP contribution in [0.3, 0.4) is 0 Å². The highest BCUT2D eigenvalue weighted by atomic mass is 33.1. The second-order valence-electron chi connectivity index (χ2n) is 15.4. The predicted octanol–water partition coefficient (Wildman–Crippen LogP) is 7.47. The van der Waals surface area contributed by atoms with Crippen LogP contribution in [0.5, 0.6) is 11.5 Å². The Labute approximate surface area is 433 Å². The van der Waals surface area contributed by atoms with Gasteiger partial charge in [-0.25, -0.2) is 19.2 Å². The summed E-state index contributed by atoms with van der Waals surface area (Å²) < 4.78 is 69.2. The Bertz CT molecular complexity index is 4030. The highest BCUT2D eigenvalue weighted by Crippen LogP contribution is 2.45. The maximum atomic E-state index is 12.6. The van der Waals surface area contributed by atoms with Crippen LogP contribution in [0, 0.1) is 0 Å². The van der Waals surface area contributed by atoms with Crippen LogP contribution in [0.1, 0.15) is 20.7 Å². The molecule has 32 heteroatoms. The van der Waals surface area contributed by atoms with Gasteiger partial charge in [-0.3, -0.25) is 19.1 Å². The first-order chi connectivity index (χ1) is 36.2. The number of phenols is 2. The number of azo groups is 2. The number of hydrogen-bond donors (Lipinski definition) is 12. The summed E-state index contributed by atoms with van der Waals surface area (Å²) in [6, 6.07) is 21.4. The van der Waals surface area contributed by atoms with Gasteiger partial charge in [0.15, 0.2) is 11.5 Å². The molecule has 8 aromatic rings. The minimum Gasteiger partial charge on any atom is -0.505 e. The Morgan fingerprint density at radius 2 is 1.05 bits per heavy atom. The van der Waals surface area contributed by atoms with Crippen LogP contribution in [-0.2, 0) is 20.2 Å². The van der Waals surface area contributed by atoms with Crippen LogP contribution >= 0.6 is 21.6 Å². The zero-order valence-electron chi connectivity index (χ0n) is 38.2. The second kappa shape index (κ2) is 22.6. The molecule has 12 N–H and O–H groups in total. The van der Waals surface area contributed by atoms with Gasteiger partial charge in [0.1, 0.15) is 27.6 Å². The van der Waals surface area contributed by atoms with Gasteiger partial charge in [0.05, 0.1) is 27.4 Å². The fourth-order valence-electron chi connectivity index (χ4n) is 7.08. The van der Waals surface area contributed by atoms with Gasteiger partial charge in [0, 0.05) is 35.4 Å². The minimum atomic E-state index is -5.01. The molecule has 0 aliphatic rings. The van der Waals surface area contributed by atoms with E-state index < -0.39 is 70.5 Å². The van der Waals surface area contributed by atoms with E-state index in [1.54, 1.807) is 6.07 Å². The van der Waals surface area contributed by atoms with Crippen molar-refractivity contribution in [2.75, 3.05) is 45.9 Å². The number of H-pyrrole nitrogens is 2. The largest absolute Gasteiger partial charge is 0.505 e. The molecule has 390 valence electrons. The maximum absolute atomic E-state index is 12.6. The summed E-state index contributed by atoms with van der Waals surface area (Å²) in [6.45, 7) is 0.543. The molecule has 0 bridgehead atoms. The van der Waals surface area contributed by atoms with Crippen LogP contribution < -0.4 is 32.6 Å². The fraction of sp³-hybridized carbons (Fsp3) is 0.0909. The number of phenolic OH excluding ortho intramolecular Hbond substituents is 2. The van der Waals surface area contributed by atoms with Crippen LogP contribution in [0.25, 0.3) is 21.5 Å². The van der Waals surface area contributed by atoms with Gasteiger partial charge in [-0.15, -0.1) is 20.5 Å². The van der Waals surface area contributed by atoms with E-state index in [0.717, 1.165) is 18.2 Å². The lowest BCUT2D eigenvalue weighted by Crippen LogP contribution is -2.19. The molecule has 0 unspecified atom stereocenters. The Kier molecular flexibility index (Phi) is 15.8. The zero-order chi connectivity index (χ0) is 54.3. The van der Waals surface area contributed by atoms with E-state index in [2.05, 4.69) is 71.6 Å². The number of anilines is 6. The topological polar surface area (TPSA) is 439 Å². The second-order valence-corrected chi connectivity index (χ2v) is 20.9. The predicted molar refractivity (Wildman–Crippen MR) is 280 cm³/mol. The highest BCUT2D eigenvalue weighted by molar-refractivity contribution is 8.76. The van der Waals surface area contributed by atoms with Crippen molar-refractivity contribution in [3.63, 3.8) is 0 Å². The van der Waals surface area contributed by atoms with E-state index in [-0.39, 0.29) is 98.0 Å². The number of carbonyl (C=O) groups is 2. The molecule has 0 amide bonds. The molecule has 0 radical (unpaired) electrons. The maximum Gasteiger partial charge on any atom is 0.373 e. The molecular formula is C44H36N14O14S4. The SMILES string of the molecule is O=C(O)c1ccccc1/N=N/c1ccc2cc(S(=O)(=O)O)cc(Nc3nc(=O)nc(NCCSSCCNc4nc(=O)nc(Nc5cccc6cc(S(=O)(=O)O)c(/N=N/c7ccccc7C(=O)O)c(O)c56)[nH]4)[nH]3)c2c1O. The molecular weight excluding hydrogens is 1080 g/mol. The zero-order valence-corrected chi connectivity index (χ0v) is 41.5. The standard InChI is InChI=1S/C44H36N14O14S4/c59-35-29(57-55-26-9-3-1-7-24(26)37(61)62)13-12-22-18-23(75(67,68)69)20-30(33(22)35)48-42-50-40(52-44(66)54-42)46-15-17-74-73-16-14-45-39-49-41(53-43(65)51-39)47-28-11-5-6-21-19-31(76(70,71)72)34(36(60)32(21)28)58-56-27-10-4-2-8-25(27)38(63)64/h1-13,18-20,59-60H,14-17H2,(H,61,62)(H,63,64)(H,67,68,69)(H,70,71,72)(H3,45,47,49,51,53,65)(H3,46,48,50,52,54,66)/b57-55+,58-56+. The van der Waals surface area contributed by atoms with Gasteiger partial charge in [0.2, 0.25) is 23.8 Å². The van der Waals surface area contributed by atoms with Crippen molar-refractivity contribution in [1.82, 2.24) is 29.9 Å². The van der Waals surface area contributed by atoms with Gasteiger partial charge < -0.3 is 41.7 Å². The first kappa shape index (κ1) is 53.2. The smallest absolute Gasteiger partial charge is 0.373 e. The third-order valence-electron chi connectivity index (χ3n) is 10.3. The molecule has 2 heterocycles. The summed E-state index contributed by atoms with van der Waals surface area (Å²) in [5.41, 5.74) is -3.37. The summed E-state index contributed by atoms with van der Waals surface area (Å²) in [5.74, 6) is -3.38. The van der Waals surface area contributed by atoms with Crippen molar-refractivity contribution < 1.29 is 56.0 Å². The summed E-state index contributed by atoms with van der Waals surface area (Å²) in [6.07, 6.45) is 0. The van der Waals surface area contributed by atoms with Gasteiger partial charge in [-0.1, -0.05) is 64.1 Å². The van der Waals surface area contributed by atoms with Crippen molar-refractivity contribution >= 4 is 133 Å². The molecule has 0 atom stereocenters. The highest BCUT2D eigenvalue weighted by Gasteiger charge is 2.25. The van der Waals surface area contributed by atoms with Crippen molar-refractivity contribution in [1.29, 1.82) is 0 Å². The monoisotopic (exact) mass is 1110 g/mol. The van der Waals surface area contributed by atoms with Crippen LogP contribution in [0.15, 0.2) is 137 Å². The third kappa shape index (κ3) is 12.6. The van der Waals surface area contributed by atoms with E-state index in [1.807, 2.05) is 0 Å². The number of aromatic carboxylic acids is 2. The molecule has 2 aromatic heterocycles. The average Bonchev–Trinajstić information content (AvgIpc) is 3.37. The number of carboxylic acid groups (broad SMARTS) is 2. The number of hydrogen-bond acceptors (Lipinski definition) is 24. The number of nitrogens with one attached hydrogen (secondary N) is 6. The number of benzene rings is 6. The first-order valence-electron chi connectivity index (χ1n) is 21.5. The van der Waals surface area contributed by atoms with Crippen molar-refractivity contribution in [3.8, 4) is 11.5 Å². The lowest BCUT2D eigenvalue weighted by molar-refractivity contribution is 0.0687. The van der Waals surface area contributed by atoms with E-state index >= 15 is 0 Å². The van der Waals surface area contributed by atoms with Crippen LogP contribution in [0.2, 0.25) is 0 Å². The molecule has 0 fully saturated rings. The van der Waals surface area contributed by atoms with Crippen molar-refractivity contribution in [2.45, 2.75) is 9.79 Å². The van der Waals surface area contributed by atoms with Gasteiger partial charge in [-0.2, -0.15) is 36.8 Å². The summed E-state index contributed by atoms with van der Waals surface area (Å²) in [7, 11) is -6.95. The van der Waals surface area contributed by atoms with Gasteiger partial charge >= 0.3 is 23.3 Å². The quantitative estimate of drug-likeness (QED) is 0.0143. The van der Waals surface area contributed by atoms with Crippen LogP contribution in [0.4, 0.5) is 57.9 Å². The van der Waals surface area contributed by atoms with E-state index in [4.69, 9.17) is 0 Å². The molecule has 76 heavy (non-hydrogen) atoms.